The Bertz CT molecular complexity index is 196. The molecule has 0 bridgehead atoms. The second-order valence-corrected chi connectivity index (χ2v) is 4.36. The molecule has 0 radical (unpaired) electrons. The van der Waals surface area contributed by atoms with Crippen LogP contribution >= 0.6 is 11.6 Å². The molecule has 0 N–H and O–H groups in total. The third-order valence-corrected chi connectivity index (χ3v) is 3.52. The number of piperidine rings is 1. The molecule has 0 aromatic rings. The lowest BCUT2D eigenvalue weighted by Crippen LogP contribution is -2.47. The summed E-state index contributed by atoms with van der Waals surface area (Å²) in [4.78, 5) is 13.6. The van der Waals surface area contributed by atoms with Gasteiger partial charge in [0.05, 0.1) is 0 Å². The summed E-state index contributed by atoms with van der Waals surface area (Å²) in [5.74, 6) is 0.925. The number of hydrogen-bond donors (Lipinski definition) is 0. The number of hydrogen-bond acceptors (Lipinski definition) is 1. The van der Waals surface area contributed by atoms with Crippen molar-refractivity contribution in [2.75, 3.05) is 12.4 Å². The zero-order chi connectivity index (χ0) is 10.6. The Hall–Kier alpha value is -0.240. The molecule has 2 atom stereocenters. The van der Waals surface area contributed by atoms with E-state index in [9.17, 15) is 4.79 Å². The van der Waals surface area contributed by atoms with E-state index in [1.54, 1.807) is 0 Å². The highest BCUT2D eigenvalue weighted by Gasteiger charge is 2.28. The van der Waals surface area contributed by atoms with Crippen LogP contribution < -0.4 is 0 Å². The molecule has 0 aliphatic carbocycles. The summed E-state index contributed by atoms with van der Waals surface area (Å²) < 4.78 is 0. The number of amides is 1. The Morgan fingerprint density at radius 1 is 1.36 bits per heavy atom. The van der Waals surface area contributed by atoms with Crippen molar-refractivity contribution in [1.82, 2.24) is 4.90 Å². The molecule has 0 aromatic heterocycles. The van der Waals surface area contributed by atoms with Gasteiger partial charge in [0.2, 0.25) is 5.91 Å². The van der Waals surface area contributed by atoms with E-state index >= 15 is 0 Å². The molecule has 2 unspecified atom stereocenters. The summed E-state index contributed by atoms with van der Waals surface area (Å²) in [7, 11) is 0. The predicted octanol–water partition coefficient (Wildman–Crippen LogP) is 2.65. The Labute approximate surface area is 91.6 Å². The van der Waals surface area contributed by atoms with Crippen LogP contribution in [0.1, 0.15) is 39.5 Å². The fourth-order valence-electron chi connectivity index (χ4n) is 2.24. The minimum atomic E-state index is 0.108. The Balaban J connectivity index is 2.60. The average molecular weight is 218 g/mol. The lowest BCUT2D eigenvalue weighted by atomic mass is 9.90. The quantitative estimate of drug-likeness (QED) is 0.666. The molecular weight excluding hydrogens is 198 g/mol. The molecule has 3 heteroatoms. The van der Waals surface area contributed by atoms with Crippen LogP contribution in [-0.4, -0.2) is 29.3 Å². The normalized spacial score (nSPS) is 27.8. The van der Waals surface area contributed by atoms with Gasteiger partial charge >= 0.3 is 0 Å². The number of likely N-dealkylation sites (tertiary alicyclic amines) is 1. The average Bonchev–Trinajstić information content (AvgIpc) is 2.27. The molecule has 1 aliphatic rings. The SMILES string of the molecule is CCC1CCC(CC)N(C(=O)CCl)C1. The molecule has 82 valence electrons. The van der Waals surface area contributed by atoms with Crippen molar-refractivity contribution in [3.63, 3.8) is 0 Å². The van der Waals surface area contributed by atoms with Crippen LogP contribution in [-0.2, 0) is 4.79 Å². The largest absolute Gasteiger partial charge is 0.338 e. The Morgan fingerprint density at radius 2 is 2.07 bits per heavy atom. The van der Waals surface area contributed by atoms with E-state index in [1.807, 2.05) is 4.90 Å². The van der Waals surface area contributed by atoms with E-state index in [-0.39, 0.29) is 11.8 Å². The molecular formula is C11H20ClNO. The molecule has 1 rings (SSSR count). The summed E-state index contributed by atoms with van der Waals surface area (Å²) >= 11 is 5.61. The standard InChI is InChI=1S/C11H20ClNO/c1-3-9-5-6-10(4-2)13(8-9)11(14)7-12/h9-10H,3-8H2,1-2H3. The molecule has 14 heavy (non-hydrogen) atoms. The molecule has 1 amide bonds. The van der Waals surface area contributed by atoms with Crippen LogP contribution in [0.15, 0.2) is 0 Å². The second kappa shape index (κ2) is 5.59. The number of rotatable bonds is 3. The van der Waals surface area contributed by atoms with E-state index in [1.165, 1.54) is 12.8 Å². The molecule has 0 spiro atoms. The Kier molecular flexibility index (Phi) is 4.73. The molecule has 1 saturated heterocycles. The summed E-state index contributed by atoms with van der Waals surface area (Å²) in [5.41, 5.74) is 0. The predicted molar refractivity (Wildman–Crippen MR) is 59.5 cm³/mol. The Morgan fingerprint density at radius 3 is 2.57 bits per heavy atom. The summed E-state index contributed by atoms with van der Waals surface area (Å²) in [6, 6.07) is 0.434. The van der Waals surface area contributed by atoms with E-state index in [2.05, 4.69) is 13.8 Å². The first-order valence-corrected chi connectivity index (χ1v) is 6.11. The van der Waals surface area contributed by atoms with Gasteiger partial charge in [0.15, 0.2) is 0 Å². The summed E-state index contributed by atoms with van der Waals surface area (Å²) in [6.07, 6.45) is 4.64. The topological polar surface area (TPSA) is 20.3 Å². The third-order valence-electron chi connectivity index (χ3n) is 3.29. The van der Waals surface area contributed by atoms with Gasteiger partial charge in [-0.1, -0.05) is 20.3 Å². The lowest BCUT2D eigenvalue weighted by molar-refractivity contribution is -0.133. The number of nitrogens with zero attached hydrogens (tertiary/aromatic N) is 1. The van der Waals surface area contributed by atoms with Gasteiger partial charge < -0.3 is 4.90 Å². The van der Waals surface area contributed by atoms with E-state index in [0.29, 0.717) is 12.0 Å². The van der Waals surface area contributed by atoms with E-state index in [4.69, 9.17) is 11.6 Å². The number of halogens is 1. The van der Waals surface area contributed by atoms with Crippen LogP contribution in [0, 0.1) is 5.92 Å². The van der Waals surface area contributed by atoms with E-state index in [0.717, 1.165) is 19.4 Å². The van der Waals surface area contributed by atoms with Crippen molar-refractivity contribution in [3.8, 4) is 0 Å². The van der Waals surface area contributed by atoms with Crippen molar-refractivity contribution in [2.45, 2.75) is 45.6 Å². The molecule has 1 fully saturated rings. The minimum Gasteiger partial charge on any atom is -0.338 e. The molecule has 0 saturated carbocycles. The molecule has 0 aromatic carbocycles. The number of carbonyl (C=O) groups is 1. The number of alkyl halides is 1. The first kappa shape index (κ1) is 11.8. The molecule has 1 aliphatic heterocycles. The van der Waals surface area contributed by atoms with Gasteiger partial charge in [0.25, 0.3) is 0 Å². The van der Waals surface area contributed by atoms with Crippen molar-refractivity contribution in [3.05, 3.63) is 0 Å². The number of carbonyl (C=O) groups excluding carboxylic acids is 1. The van der Waals surface area contributed by atoms with Crippen LogP contribution in [0.2, 0.25) is 0 Å². The zero-order valence-electron chi connectivity index (χ0n) is 9.13. The highest BCUT2D eigenvalue weighted by Crippen LogP contribution is 2.26. The maximum Gasteiger partial charge on any atom is 0.237 e. The van der Waals surface area contributed by atoms with Gasteiger partial charge in [0.1, 0.15) is 5.88 Å². The van der Waals surface area contributed by atoms with E-state index < -0.39 is 0 Å². The van der Waals surface area contributed by atoms with Crippen LogP contribution in [0.25, 0.3) is 0 Å². The van der Waals surface area contributed by atoms with Crippen molar-refractivity contribution in [2.24, 2.45) is 5.92 Å². The van der Waals surface area contributed by atoms with Crippen LogP contribution in [0.4, 0.5) is 0 Å². The van der Waals surface area contributed by atoms with Crippen molar-refractivity contribution < 1.29 is 4.79 Å². The maximum atomic E-state index is 11.6. The van der Waals surface area contributed by atoms with Gasteiger partial charge in [-0.15, -0.1) is 11.6 Å². The van der Waals surface area contributed by atoms with Crippen LogP contribution in [0.5, 0.6) is 0 Å². The summed E-state index contributed by atoms with van der Waals surface area (Å²) in [5, 5.41) is 0. The first-order chi connectivity index (χ1) is 6.72. The second-order valence-electron chi connectivity index (χ2n) is 4.09. The highest BCUT2D eigenvalue weighted by molar-refractivity contribution is 6.27. The van der Waals surface area contributed by atoms with Gasteiger partial charge in [-0.3, -0.25) is 4.79 Å². The smallest absolute Gasteiger partial charge is 0.237 e. The van der Waals surface area contributed by atoms with Crippen molar-refractivity contribution >= 4 is 17.5 Å². The lowest BCUT2D eigenvalue weighted by Gasteiger charge is -2.39. The van der Waals surface area contributed by atoms with Gasteiger partial charge in [-0.2, -0.15) is 0 Å². The maximum absolute atomic E-state index is 11.6. The minimum absolute atomic E-state index is 0.108. The highest BCUT2D eigenvalue weighted by atomic mass is 35.5. The zero-order valence-corrected chi connectivity index (χ0v) is 9.89. The van der Waals surface area contributed by atoms with Gasteiger partial charge in [-0.05, 0) is 25.2 Å². The fourth-order valence-corrected chi connectivity index (χ4v) is 2.40. The summed E-state index contributed by atoms with van der Waals surface area (Å²) in [6.45, 7) is 5.26. The van der Waals surface area contributed by atoms with Crippen LogP contribution in [0.3, 0.4) is 0 Å². The fraction of sp³-hybridized carbons (Fsp3) is 0.909. The third kappa shape index (κ3) is 2.63. The van der Waals surface area contributed by atoms with Gasteiger partial charge in [0, 0.05) is 12.6 Å². The molecule has 1 heterocycles. The monoisotopic (exact) mass is 217 g/mol. The first-order valence-electron chi connectivity index (χ1n) is 5.58. The van der Waals surface area contributed by atoms with Crippen molar-refractivity contribution in [1.29, 1.82) is 0 Å². The molecule has 2 nitrogen and oxygen atoms in total. The van der Waals surface area contributed by atoms with Gasteiger partial charge in [-0.25, -0.2) is 0 Å².